The molecule has 142 valence electrons. The molecule has 1 saturated carbocycles. The number of piperazine rings is 1. The number of hydrogen-bond donors (Lipinski definition) is 1. The van der Waals surface area contributed by atoms with Crippen LogP contribution in [0, 0.1) is 11.8 Å². The van der Waals surface area contributed by atoms with E-state index in [0.717, 1.165) is 24.9 Å². The molecule has 0 radical (unpaired) electrons. The first-order valence-corrected chi connectivity index (χ1v) is 10.3. The molecule has 2 heterocycles. The lowest BCUT2D eigenvalue weighted by Crippen LogP contribution is -2.58. The maximum atomic E-state index is 5.41. The molecule has 2 aliphatic heterocycles. The molecule has 4 heteroatoms. The van der Waals surface area contributed by atoms with Crippen LogP contribution in [0.1, 0.15) is 53.4 Å². The van der Waals surface area contributed by atoms with Crippen LogP contribution in [0.15, 0.2) is 0 Å². The van der Waals surface area contributed by atoms with E-state index in [9.17, 15) is 0 Å². The number of ether oxygens (including phenoxy) is 1. The first kappa shape index (κ1) is 20.2. The minimum absolute atomic E-state index is 0.367. The number of nitrogens with one attached hydrogen (secondary N) is 1. The van der Waals surface area contributed by atoms with Crippen LogP contribution in [-0.2, 0) is 4.74 Å². The molecular formula is C20H41N3O. The van der Waals surface area contributed by atoms with E-state index in [4.69, 9.17) is 4.74 Å². The molecule has 0 amide bonds. The average Bonchev–Trinajstić information content (AvgIpc) is 2.60. The SMILES string of the molecule is CC.COC1CC(CN2CCC(C(C)(C)N3CCNCC3)CC2)C1. The lowest BCUT2D eigenvalue weighted by Gasteiger charge is -2.49. The fourth-order valence-corrected chi connectivity index (χ4v) is 4.70. The Bertz CT molecular complexity index is 341. The molecule has 0 bridgehead atoms. The number of piperidine rings is 1. The molecule has 4 nitrogen and oxygen atoms in total. The second-order valence-electron chi connectivity index (χ2n) is 8.16. The summed E-state index contributed by atoms with van der Waals surface area (Å²) in [4.78, 5) is 5.43. The first-order valence-electron chi connectivity index (χ1n) is 10.3. The molecule has 0 aromatic rings. The third kappa shape index (κ3) is 4.94. The lowest BCUT2D eigenvalue weighted by atomic mass is 9.77. The van der Waals surface area contributed by atoms with E-state index in [-0.39, 0.29) is 0 Å². The summed E-state index contributed by atoms with van der Waals surface area (Å²) in [6.45, 7) is 17.6. The Balaban J connectivity index is 0.00000100. The van der Waals surface area contributed by atoms with Gasteiger partial charge in [-0.3, -0.25) is 4.90 Å². The number of likely N-dealkylation sites (tertiary alicyclic amines) is 1. The van der Waals surface area contributed by atoms with E-state index < -0.39 is 0 Å². The van der Waals surface area contributed by atoms with E-state index in [1.807, 2.05) is 21.0 Å². The van der Waals surface area contributed by atoms with Gasteiger partial charge in [-0.1, -0.05) is 13.8 Å². The second kappa shape index (κ2) is 9.51. The van der Waals surface area contributed by atoms with Gasteiger partial charge in [0.05, 0.1) is 6.10 Å². The van der Waals surface area contributed by atoms with Gasteiger partial charge in [0.1, 0.15) is 0 Å². The van der Waals surface area contributed by atoms with Crippen LogP contribution in [0.4, 0.5) is 0 Å². The van der Waals surface area contributed by atoms with Crippen LogP contribution in [0.25, 0.3) is 0 Å². The summed E-state index contributed by atoms with van der Waals surface area (Å²) in [5, 5.41) is 3.48. The van der Waals surface area contributed by atoms with Crippen molar-refractivity contribution in [2.24, 2.45) is 11.8 Å². The summed E-state index contributed by atoms with van der Waals surface area (Å²) < 4.78 is 5.41. The number of nitrogens with zero attached hydrogens (tertiary/aromatic N) is 2. The van der Waals surface area contributed by atoms with Gasteiger partial charge < -0.3 is 15.0 Å². The van der Waals surface area contributed by atoms with Gasteiger partial charge in [0.15, 0.2) is 0 Å². The zero-order chi connectivity index (χ0) is 17.6. The molecule has 0 atom stereocenters. The predicted molar refractivity (Wildman–Crippen MR) is 103 cm³/mol. The highest BCUT2D eigenvalue weighted by molar-refractivity contribution is 4.94. The Morgan fingerprint density at radius 1 is 1.00 bits per heavy atom. The lowest BCUT2D eigenvalue weighted by molar-refractivity contribution is -0.0225. The van der Waals surface area contributed by atoms with Crippen molar-refractivity contribution in [2.75, 3.05) is 52.9 Å². The quantitative estimate of drug-likeness (QED) is 0.833. The summed E-state index contributed by atoms with van der Waals surface area (Å²) in [6, 6.07) is 0. The fourth-order valence-electron chi connectivity index (χ4n) is 4.70. The van der Waals surface area contributed by atoms with Crippen molar-refractivity contribution < 1.29 is 4.74 Å². The molecule has 0 aromatic heterocycles. The van der Waals surface area contributed by atoms with Crippen molar-refractivity contribution in [2.45, 2.75) is 65.0 Å². The summed E-state index contributed by atoms with van der Waals surface area (Å²) in [7, 11) is 1.85. The molecule has 3 aliphatic rings. The van der Waals surface area contributed by atoms with E-state index in [0.29, 0.717) is 11.6 Å². The van der Waals surface area contributed by atoms with Crippen LogP contribution in [0.5, 0.6) is 0 Å². The van der Waals surface area contributed by atoms with Gasteiger partial charge in [0, 0.05) is 45.4 Å². The Morgan fingerprint density at radius 3 is 2.12 bits per heavy atom. The minimum atomic E-state index is 0.367. The van der Waals surface area contributed by atoms with Crippen LogP contribution in [-0.4, -0.2) is 74.4 Å². The van der Waals surface area contributed by atoms with Crippen LogP contribution in [0.3, 0.4) is 0 Å². The molecule has 1 N–H and O–H groups in total. The average molecular weight is 340 g/mol. The zero-order valence-electron chi connectivity index (χ0n) is 16.8. The molecule has 0 spiro atoms. The maximum Gasteiger partial charge on any atom is 0.0577 e. The van der Waals surface area contributed by atoms with Crippen molar-refractivity contribution in [1.82, 2.24) is 15.1 Å². The van der Waals surface area contributed by atoms with Gasteiger partial charge in [-0.15, -0.1) is 0 Å². The van der Waals surface area contributed by atoms with Gasteiger partial charge in [0.2, 0.25) is 0 Å². The highest BCUT2D eigenvalue weighted by Gasteiger charge is 2.38. The van der Waals surface area contributed by atoms with E-state index in [1.165, 1.54) is 58.4 Å². The van der Waals surface area contributed by atoms with E-state index >= 15 is 0 Å². The van der Waals surface area contributed by atoms with Crippen LogP contribution >= 0.6 is 0 Å². The third-order valence-electron chi connectivity index (χ3n) is 6.56. The van der Waals surface area contributed by atoms with E-state index in [2.05, 4.69) is 29.0 Å². The van der Waals surface area contributed by atoms with Crippen LogP contribution < -0.4 is 5.32 Å². The second-order valence-corrected chi connectivity index (χ2v) is 8.16. The zero-order valence-corrected chi connectivity index (χ0v) is 16.8. The number of methoxy groups -OCH3 is 1. The molecule has 24 heavy (non-hydrogen) atoms. The smallest absolute Gasteiger partial charge is 0.0577 e. The normalized spacial score (nSPS) is 30.4. The highest BCUT2D eigenvalue weighted by Crippen LogP contribution is 2.35. The van der Waals surface area contributed by atoms with Crippen molar-refractivity contribution >= 4 is 0 Å². The van der Waals surface area contributed by atoms with Gasteiger partial charge >= 0.3 is 0 Å². The van der Waals surface area contributed by atoms with Gasteiger partial charge in [0.25, 0.3) is 0 Å². The van der Waals surface area contributed by atoms with E-state index in [1.54, 1.807) is 0 Å². The summed E-state index contributed by atoms with van der Waals surface area (Å²) in [6.07, 6.45) is 5.86. The van der Waals surface area contributed by atoms with Gasteiger partial charge in [-0.2, -0.15) is 0 Å². The Morgan fingerprint density at radius 2 is 1.58 bits per heavy atom. The third-order valence-corrected chi connectivity index (χ3v) is 6.56. The number of rotatable bonds is 5. The van der Waals surface area contributed by atoms with Gasteiger partial charge in [-0.05, 0) is 64.5 Å². The molecule has 0 aromatic carbocycles. The molecule has 3 fully saturated rings. The topological polar surface area (TPSA) is 27.7 Å². The fraction of sp³-hybridized carbons (Fsp3) is 1.00. The first-order chi connectivity index (χ1) is 11.6. The maximum absolute atomic E-state index is 5.41. The largest absolute Gasteiger partial charge is 0.381 e. The predicted octanol–water partition coefficient (Wildman–Crippen LogP) is 2.83. The molecule has 1 aliphatic carbocycles. The molecular weight excluding hydrogens is 298 g/mol. The Kier molecular flexibility index (Phi) is 7.99. The standard InChI is InChI=1S/C18H35N3O.C2H6/c1-18(2,21-10-6-19-7-11-21)16-4-8-20(9-5-16)14-15-12-17(13-15)22-3;1-2/h15-17,19H,4-14H2,1-3H3;1-2H3. The Labute approximate surface area is 150 Å². The Hall–Kier alpha value is -0.160. The van der Waals surface area contributed by atoms with Crippen molar-refractivity contribution in [3.63, 3.8) is 0 Å². The van der Waals surface area contributed by atoms with Crippen molar-refractivity contribution in [1.29, 1.82) is 0 Å². The summed E-state index contributed by atoms with van der Waals surface area (Å²) in [5.74, 6) is 1.75. The molecule has 0 unspecified atom stereocenters. The molecule has 3 rings (SSSR count). The monoisotopic (exact) mass is 339 g/mol. The van der Waals surface area contributed by atoms with Gasteiger partial charge in [-0.25, -0.2) is 0 Å². The highest BCUT2D eigenvalue weighted by atomic mass is 16.5. The minimum Gasteiger partial charge on any atom is -0.381 e. The molecule has 2 saturated heterocycles. The van der Waals surface area contributed by atoms with Crippen molar-refractivity contribution in [3.05, 3.63) is 0 Å². The van der Waals surface area contributed by atoms with Crippen molar-refractivity contribution in [3.8, 4) is 0 Å². The number of hydrogen-bond acceptors (Lipinski definition) is 4. The van der Waals surface area contributed by atoms with Crippen LogP contribution in [0.2, 0.25) is 0 Å². The summed E-state index contributed by atoms with van der Waals surface area (Å²) in [5.41, 5.74) is 0.367. The summed E-state index contributed by atoms with van der Waals surface area (Å²) >= 11 is 0.